The molecule has 1 aliphatic rings. The molecular formula is C22H23F3N4O2S. The third kappa shape index (κ3) is 5.95. The van der Waals surface area contributed by atoms with Gasteiger partial charge in [0, 0.05) is 49.5 Å². The van der Waals surface area contributed by atoms with E-state index in [4.69, 9.17) is 4.42 Å². The van der Waals surface area contributed by atoms with Gasteiger partial charge in [-0.05, 0) is 35.9 Å². The lowest BCUT2D eigenvalue weighted by Crippen LogP contribution is -2.44. The maximum absolute atomic E-state index is 12.9. The predicted molar refractivity (Wildman–Crippen MR) is 114 cm³/mol. The summed E-state index contributed by atoms with van der Waals surface area (Å²) in [5.74, 6) is 0.809. The maximum atomic E-state index is 12.9. The molecule has 1 aliphatic heterocycles. The zero-order valence-electron chi connectivity index (χ0n) is 17.3. The van der Waals surface area contributed by atoms with E-state index < -0.39 is 11.7 Å². The topological polar surface area (TPSA) is 71.3 Å². The summed E-state index contributed by atoms with van der Waals surface area (Å²) in [6, 6.07) is 7.40. The van der Waals surface area contributed by atoms with E-state index >= 15 is 0 Å². The van der Waals surface area contributed by atoms with Crippen LogP contribution >= 0.6 is 11.3 Å². The molecule has 170 valence electrons. The second-order valence-electron chi connectivity index (χ2n) is 7.83. The minimum atomic E-state index is -4.33. The van der Waals surface area contributed by atoms with E-state index in [0.717, 1.165) is 37.6 Å². The SMILES string of the molecule is O=C(CCc1nnc(-c2ccsc2)o1)NC1CCN(Cc2cccc(C(F)(F)F)c2)CC1. The van der Waals surface area contributed by atoms with Crippen molar-refractivity contribution in [2.24, 2.45) is 0 Å². The third-order valence-electron chi connectivity index (χ3n) is 5.41. The maximum Gasteiger partial charge on any atom is 0.416 e. The normalized spacial score (nSPS) is 15.7. The highest BCUT2D eigenvalue weighted by Crippen LogP contribution is 2.30. The highest BCUT2D eigenvalue weighted by atomic mass is 32.1. The number of thiophene rings is 1. The number of benzene rings is 1. The van der Waals surface area contributed by atoms with Gasteiger partial charge in [-0.3, -0.25) is 9.69 Å². The number of carbonyl (C=O) groups excluding carboxylic acids is 1. The summed E-state index contributed by atoms with van der Waals surface area (Å²) >= 11 is 1.54. The summed E-state index contributed by atoms with van der Waals surface area (Å²) in [6.07, 6.45) is -2.19. The Morgan fingerprint density at radius 3 is 2.75 bits per heavy atom. The molecule has 1 N–H and O–H groups in total. The summed E-state index contributed by atoms with van der Waals surface area (Å²) in [4.78, 5) is 14.4. The smallest absolute Gasteiger partial charge is 0.416 e. The number of nitrogens with zero attached hydrogens (tertiary/aromatic N) is 3. The Kier molecular flexibility index (Phi) is 6.90. The van der Waals surface area contributed by atoms with E-state index in [1.54, 1.807) is 17.4 Å². The van der Waals surface area contributed by atoms with Crippen LogP contribution in [0.4, 0.5) is 13.2 Å². The average molecular weight is 465 g/mol. The van der Waals surface area contributed by atoms with Gasteiger partial charge in [-0.2, -0.15) is 24.5 Å². The fourth-order valence-corrected chi connectivity index (χ4v) is 4.35. The summed E-state index contributed by atoms with van der Waals surface area (Å²) in [5, 5.41) is 14.9. The van der Waals surface area contributed by atoms with E-state index in [9.17, 15) is 18.0 Å². The van der Waals surface area contributed by atoms with Gasteiger partial charge >= 0.3 is 6.18 Å². The number of piperidine rings is 1. The summed E-state index contributed by atoms with van der Waals surface area (Å²) in [6.45, 7) is 1.90. The van der Waals surface area contributed by atoms with E-state index in [-0.39, 0.29) is 18.4 Å². The number of likely N-dealkylation sites (tertiary alicyclic amines) is 1. The van der Waals surface area contributed by atoms with Crippen LogP contribution in [0, 0.1) is 0 Å². The van der Waals surface area contributed by atoms with E-state index in [1.807, 2.05) is 16.8 Å². The van der Waals surface area contributed by atoms with Crippen LogP contribution in [0.25, 0.3) is 11.5 Å². The van der Waals surface area contributed by atoms with Gasteiger partial charge in [0.05, 0.1) is 5.56 Å². The molecule has 4 rings (SSSR count). The highest BCUT2D eigenvalue weighted by Gasteiger charge is 2.30. The first-order valence-electron chi connectivity index (χ1n) is 10.4. The molecule has 3 aromatic rings. The van der Waals surface area contributed by atoms with Crippen molar-refractivity contribution in [3.8, 4) is 11.5 Å². The molecule has 1 fully saturated rings. The van der Waals surface area contributed by atoms with Gasteiger partial charge in [0.2, 0.25) is 17.7 Å². The second kappa shape index (κ2) is 9.83. The number of aromatic nitrogens is 2. The molecule has 32 heavy (non-hydrogen) atoms. The molecule has 0 radical (unpaired) electrons. The number of rotatable bonds is 7. The van der Waals surface area contributed by atoms with Gasteiger partial charge < -0.3 is 9.73 Å². The zero-order valence-corrected chi connectivity index (χ0v) is 18.1. The fourth-order valence-electron chi connectivity index (χ4n) is 3.72. The Labute approximate surface area is 187 Å². The Morgan fingerprint density at radius 2 is 2.03 bits per heavy atom. The van der Waals surface area contributed by atoms with Gasteiger partial charge in [0.25, 0.3) is 0 Å². The number of alkyl halides is 3. The molecule has 10 heteroatoms. The fraction of sp³-hybridized carbons (Fsp3) is 0.409. The predicted octanol–water partition coefficient (Wildman–Crippen LogP) is 4.53. The standard InChI is InChI=1S/C22H23F3N4O2S/c23-22(24,25)17-3-1-2-15(12-17)13-29-9-6-18(7-10-29)26-19(30)4-5-20-27-28-21(31-20)16-8-11-32-14-16/h1-3,8,11-12,14,18H,4-7,9-10,13H2,(H,26,30). The van der Waals surface area contributed by atoms with Crippen LogP contribution in [0.1, 0.15) is 36.3 Å². The van der Waals surface area contributed by atoms with Crippen molar-refractivity contribution in [2.45, 2.75) is 44.4 Å². The summed E-state index contributed by atoms with van der Waals surface area (Å²) in [5.41, 5.74) is 0.889. The Balaban J connectivity index is 1.19. The molecule has 0 atom stereocenters. The number of halogens is 3. The monoisotopic (exact) mass is 464 g/mol. The molecule has 2 aromatic heterocycles. The van der Waals surface area contributed by atoms with Crippen molar-refractivity contribution in [3.05, 3.63) is 58.1 Å². The third-order valence-corrected chi connectivity index (χ3v) is 6.10. The first kappa shape index (κ1) is 22.5. The van der Waals surface area contributed by atoms with Crippen LogP contribution in [0.5, 0.6) is 0 Å². The van der Waals surface area contributed by atoms with Crippen LogP contribution in [-0.4, -0.2) is 40.1 Å². The van der Waals surface area contributed by atoms with Crippen LogP contribution in [0.15, 0.2) is 45.5 Å². The Hall–Kier alpha value is -2.72. The van der Waals surface area contributed by atoms with Crippen LogP contribution in [-0.2, 0) is 23.9 Å². The van der Waals surface area contributed by atoms with Crippen molar-refractivity contribution in [1.82, 2.24) is 20.4 Å². The van der Waals surface area contributed by atoms with Crippen LogP contribution in [0.2, 0.25) is 0 Å². The molecule has 0 saturated carbocycles. The lowest BCUT2D eigenvalue weighted by Gasteiger charge is -2.32. The summed E-state index contributed by atoms with van der Waals surface area (Å²) in [7, 11) is 0. The molecule has 0 spiro atoms. The molecule has 6 nitrogen and oxygen atoms in total. The van der Waals surface area contributed by atoms with Crippen molar-refractivity contribution in [2.75, 3.05) is 13.1 Å². The van der Waals surface area contributed by atoms with E-state index in [0.29, 0.717) is 30.3 Å². The first-order valence-corrected chi connectivity index (χ1v) is 11.3. The molecule has 0 bridgehead atoms. The van der Waals surface area contributed by atoms with Gasteiger partial charge in [0.15, 0.2) is 0 Å². The van der Waals surface area contributed by atoms with Crippen molar-refractivity contribution < 1.29 is 22.4 Å². The van der Waals surface area contributed by atoms with Crippen molar-refractivity contribution in [1.29, 1.82) is 0 Å². The van der Waals surface area contributed by atoms with Crippen LogP contribution in [0.3, 0.4) is 0 Å². The number of hydrogen-bond donors (Lipinski definition) is 1. The summed E-state index contributed by atoms with van der Waals surface area (Å²) < 4.78 is 44.3. The number of aryl methyl sites for hydroxylation is 1. The number of carbonyl (C=O) groups is 1. The largest absolute Gasteiger partial charge is 0.421 e. The molecule has 0 aliphatic carbocycles. The number of amides is 1. The lowest BCUT2D eigenvalue weighted by molar-refractivity contribution is -0.137. The zero-order chi connectivity index (χ0) is 22.6. The molecule has 0 unspecified atom stereocenters. The number of nitrogens with one attached hydrogen (secondary N) is 1. The number of hydrogen-bond acceptors (Lipinski definition) is 6. The molecular weight excluding hydrogens is 441 g/mol. The Bertz CT molecular complexity index is 1030. The quantitative estimate of drug-likeness (QED) is 0.556. The minimum Gasteiger partial charge on any atom is -0.421 e. The van der Waals surface area contributed by atoms with Gasteiger partial charge in [0.1, 0.15) is 0 Å². The van der Waals surface area contributed by atoms with Gasteiger partial charge in [-0.25, -0.2) is 0 Å². The average Bonchev–Trinajstić information content (AvgIpc) is 3.45. The Morgan fingerprint density at radius 1 is 1.22 bits per heavy atom. The van der Waals surface area contributed by atoms with Gasteiger partial charge in [-0.15, -0.1) is 10.2 Å². The van der Waals surface area contributed by atoms with Crippen molar-refractivity contribution >= 4 is 17.2 Å². The van der Waals surface area contributed by atoms with Crippen LogP contribution < -0.4 is 5.32 Å². The van der Waals surface area contributed by atoms with E-state index in [2.05, 4.69) is 20.4 Å². The minimum absolute atomic E-state index is 0.0595. The molecule has 1 amide bonds. The van der Waals surface area contributed by atoms with Crippen molar-refractivity contribution in [3.63, 3.8) is 0 Å². The second-order valence-corrected chi connectivity index (χ2v) is 8.61. The molecule has 1 aromatic carbocycles. The van der Waals surface area contributed by atoms with E-state index in [1.165, 1.54) is 12.1 Å². The lowest BCUT2D eigenvalue weighted by atomic mass is 10.0. The highest BCUT2D eigenvalue weighted by molar-refractivity contribution is 7.08. The molecule has 3 heterocycles. The molecule has 1 saturated heterocycles. The first-order chi connectivity index (χ1) is 15.4. The van der Waals surface area contributed by atoms with Gasteiger partial charge in [-0.1, -0.05) is 18.2 Å².